The van der Waals surface area contributed by atoms with E-state index in [0.29, 0.717) is 0 Å². The summed E-state index contributed by atoms with van der Waals surface area (Å²) in [5.41, 5.74) is 4.89. The van der Waals surface area contributed by atoms with Crippen molar-refractivity contribution in [2.45, 2.75) is 12.5 Å². The van der Waals surface area contributed by atoms with Gasteiger partial charge in [-0.2, -0.15) is 0 Å². The fourth-order valence-electron chi connectivity index (χ4n) is 1.21. The lowest BCUT2D eigenvalue weighted by atomic mass is 9.83. The molecule has 72 valence electrons. The van der Waals surface area contributed by atoms with E-state index in [1.165, 1.54) is 25.3 Å². The van der Waals surface area contributed by atoms with Crippen LogP contribution in [0.1, 0.15) is 6.92 Å². The van der Waals surface area contributed by atoms with Crippen LogP contribution in [0.5, 0.6) is 0 Å². The predicted octanol–water partition coefficient (Wildman–Crippen LogP) is 0.916. The van der Waals surface area contributed by atoms with Crippen LogP contribution in [0, 0.1) is 5.92 Å². The summed E-state index contributed by atoms with van der Waals surface area (Å²) in [5, 5.41) is 0. The second kappa shape index (κ2) is 3.30. The first-order chi connectivity index (χ1) is 5.97. The number of allylic oxidation sites excluding steroid dienone is 2. The first-order valence-electron chi connectivity index (χ1n) is 3.90. The zero-order valence-electron chi connectivity index (χ0n) is 7.58. The number of methoxy groups -OCH3 is 1. The van der Waals surface area contributed by atoms with Crippen LogP contribution in [-0.2, 0) is 9.53 Å². The quantitative estimate of drug-likeness (QED) is 0.618. The summed E-state index contributed by atoms with van der Waals surface area (Å²) in [6, 6.07) is 0. The molecular weight excluding hydrogens is 173 g/mol. The highest BCUT2D eigenvalue weighted by Crippen LogP contribution is 2.26. The summed E-state index contributed by atoms with van der Waals surface area (Å²) >= 11 is 0. The highest BCUT2D eigenvalue weighted by Gasteiger charge is 2.35. The normalized spacial score (nSPS) is 32.6. The molecule has 2 N–H and O–H groups in total. The summed E-state index contributed by atoms with van der Waals surface area (Å²) in [6.45, 7) is 1.65. The van der Waals surface area contributed by atoms with Gasteiger partial charge < -0.3 is 10.5 Å². The van der Waals surface area contributed by atoms with Gasteiger partial charge in [-0.3, -0.25) is 4.79 Å². The van der Waals surface area contributed by atoms with Crippen molar-refractivity contribution in [1.29, 1.82) is 0 Å². The fraction of sp³-hybridized carbons (Fsp3) is 0.444. The highest BCUT2D eigenvalue weighted by molar-refractivity contribution is 5.77. The number of nitrogens with two attached hydrogens (primary N) is 1. The molecule has 0 aromatic carbocycles. The van der Waals surface area contributed by atoms with Crippen molar-refractivity contribution in [1.82, 2.24) is 0 Å². The van der Waals surface area contributed by atoms with Gasteiger partial charge in [-0.05, 0) is 19.1 Å². The monoisotopic (exact) mass is 185 g/mol. The fourth-order valence-corrected chi connectivity index (χ4v) is 1.21. The number of hydrogen-bond donors (Lipinski definition) is 1. The van der Waals surface area contributed by atoms with E-state index in [1.807, 2.05) is 0 Å². The van der Waals surface area contributed by atoms with E-state index in [9.17, 15) is 9.18 Å². The molecule has 1 aliphatic carbocycles. The van der Waals surface area contributed by atoms with E-state index in [0.717, 1.165) is 0 Å². The number of esters is 1. The minimum Gasteiger partial charge on any atom is -0.469 e. The molecule has 13 heavy (non-hydrogen) atoms. The van der Waals surface area contributed by atoms with Crippen LogP contribution in [0.4, 0.5) is 4.39 Å². The Kier molecular flexibility index (Phi) is 2.52. The molecule has 0 heterocycles. The smallest absolute Gasteiger partial charge is 0.314 e. The standard InChI is InChI=1S/C9H12FNO2/c1-9(11)4-3-6(10)5-7(9)8(12)13-2/h3-5,7H,11H2,1-2H3. The topological polar surface area (TPSA) is 52.3 Å². The third-order valence-electron chi connectivity index (χ3n) is 2.05. The molecule has 0 aliphatic heterocycles. The van der Waals surface area contributed by atoms with Gasteiger partial charge in [-0.25, -0.2) is 4.39 Å². The molecule has 0 aromatic rings. The van der Waals surface area contributed by atoms with Crippen molar-refractivity contribution < 1.29 is 13.9 Å². The van der Waals surface area contributed by atoms with Crippen molar-refractivity contribution >= 4 is 5.97 Å². The van der Waals surface area contributed by atoms with Crippen molar-refractivity contribution in [3.63, 3.8) is 0 Å². The molecule has 2 atom stereocenters. The van der Waals surface area contributed by atoms with E-state index in [4.69, 9.17) is 5.73 Å². The Morgan fingerprint density at radius 3 is 2.92 bits per heavy atom. The van der Waals surface area contributed by atoms with Gasteiger partial charge in [-0.1, -0.05) is 6.08 Å². The number of carbonyl (C=O) groups is 1. The summed E-state index contributed by atoms with van der Waals surface area (Å²) < 4.78 is 17.3. The molecule has 0 amide bonds. The van der Waals surface area contributed by atoms with Gasteiger partial charge in [0.1, 0.15) is 5.83 Å². The van der Waals surface area contributed by atoms with Gasteiger partial charge in [0.05, 0.1) is 13.0 Å². The maximum absolute atomic E-state index is 12.8. The van der Waals surface area contributed by atoms with E-state index < -0.39 is 23.3 Å². The minimum absolute atomic E-state index is 0.460. The van der Waals surface area contributed by atoms with Gasteiger partial charge in [0.15, 0.2) is 0 Å². The largest absolute Gasteiger partial charge is 0.469 e. The first kappa shape index (κ1) is 9.92. The predicted molar refractivity (Wildman–Crippen MR) is 46.4 cm³/mol. The second-order valence-electron chi connectivity index (χ2n) is 3.25. The maximum Gasteiger partial charge on any atom is 0.314 e. The number of ether oxygens (including phenoxy) is 1. The Balaban J connectivity index is 2.94. The molecule has 1 aliphatic rings. The van der Waals surface area contributed by atoms with E-state index in [2.05, 4.69) is 4.74 Å². The van der Waals surface area contributed by atoms with Crippen molar-refractivity contribution in [3.8, 4) is 0 Å². The van der Waals surface area contributed by atoms with Crippen LogP contribution in [-0.4, -0.2) is 18.6 Å². The lowest BCUT2D eigenvalue weighted by molar-refractivity contribution is -0.145. The molecule has 3 nitrogen and oxygen atoms in total. The van der Waals surface area contributed by atoms with Crippen LogP contribution >= 0.6 is 0 Å². The van der Waals surface area contributed by atoms with Crippen LogP contribution in [0.2, 0.25) is 0 Å². The Hall–Kier alpha value is -1.16. The summed E-state index contributed by atoms with van der Waals surface area (Å²) in [4.78, 5) is 11.2. The maximum atomic E-state index is 12.8. The van der Waals surface area contributed by atoms with Crippen LogP contribution in [0.15, 0.2) is 24.1 Å². The van der Waals surface area contributed by atoms with Crippen LogP contribution in [0.3, 0.4) is 0 Å². The van der Waals surface area contributed by atoms with Gasteiger partial charge in [-0.15, -0.1) is 0 Å². The number of halogens is 1. The third kappa shape index (κ3) is 1.95. The molecule has 0 fully saturated rings. The van der Waals surface area contributed by atoms with Crippen molar-refractivity contribution in [3.05, 3.63) is 24.1 Å². The van der Waals surface area contributed by atoms with E-state index in [-0.39, 0.29) is 0 Å². The first-order valence-corrected chi connectivity index (χ1v) is 3.90. The van der Waals surface area contributed by atoms with Crippen molar-refractivity contribution in [2.24, 2.45) is 11.7 Å². The second-order valence-corrected chi connectivity index (χ2v) is 3.25. The molecule has 0 aromatic heterocycles. The van der Waals surface area contributed by atoms with Crippen LogP contribution in [0.25, 0.3) is 0 Å². The molecule has 0 saturated carbocycles. The lowest BCUT2D eigenvalue weighted by Gasteiger charge is -2.29. The molecule has 2 unspecified atom stereocenters. The average molecular weight is 185 g/mol. The minimum atomic E-state index is -0.872. The molecular formula is C9H12FNO2. The highest BCUT2D eigenvalue weighted by atomic mass is 19.1. The zero-order chi connectivity index (χ0) is 10.1. The number of rotatable bonds is 1. The van der Waals surface area contributed by atoms with Crippen LogP contribution < -0.4 is 5.73 Å². The number of hydrogen-bond acceptors (Lipinski definition) is 3. The van der Waals surface area contributed by atoms with E-state index >= 15 is 0 Å². The summed E-state index contributed by atoms with van der Waals surface area (Å²) in [6.07, 6.45) is 3.88. The Labute approximate surface area is 76.1 Å². The van der Waals surface area contributed by atoms with Gasteiger partial charge in [0, 0.05) is 5.54 Å². The molecule has 0 radical (unpaired) electrons. The molecule has 0 bridgehead atoms. The van der Waals surface area contributed by atoms with Gasteiger partial charge in [0.2, 0.25) is 0 Å². The van der Waals surface area contributed by atoms with Gasteiger partial charge in [0.25, 0.3) is 0 Å². The van der Waals surface area contributed by atoms with E-state index in [1.54, 1.807) is 6.92 Å². The Morgan fingerprint density at radius 2 is 2.38 bits per heavy atom. The molecule has 0 spiro atoms. The van der Waals surface area contributed by atoms with Gasteiger partial charge >= 0.3 is 5.97 Å². The zero-order valence-corrected chi connectivity index (χ0v) is 7.58. The van der Waals surface area contributed by atoms with Crippen molar-refractivity contribution in [2.75, 3.05) is 7.11 Å². The molecule has 0 saturated heterocycles. The molecule has 1 rings (SSSR count). The summed E-state index contributed by atoms with van der Waals surface area (Å²) in [7, 11) is 1.25. The number of carbonyl (C=O) groups excluding carboxylic acids is 1. The Bertz CT molecular complexity index is 281. The average Bonchev–Trinajstić information content (AvgIpc) is 2.08. The third-order valence-corrected chi connectivity index (χ3v) is 2.05. The Morgan fingerprint density at radius 1 is 1.77 bits per heavy atom. The summed E-state index contributed by atoms with van der Waals surface area (Å²) in [5.74, 6) is -1.73. The SMILES string of the molecule is COC(=O)C1C=C(F)C=CC1(C)N. The lowest BCUT2D eigenvalue weighted by Crippen LogP contribution is -2.46. The molecule has 4 heteroatoms.